The van der Waals surface area contributed by atoms with Gasteiger partial charge in [-0.15, -0.1) is 0 Å². The zero-order valence-corrected chi connectivity index (χ0v) is 10.9. The maximum atomic E-state index is 5.85. The van der Waals surface area contributed by atoms with Crippen LogP contribution in [0.15, 0.2) is 42.5 Å². The summed E-state index contributed by atoms with van der Waals surface area (Å²) >= 11 is 5.85. The summed E-state index contributed by atoms with van der Waals surface area (Å²) in [7, 11) is 0. The Morgan fingerprint density at radius 3 is 2.12 bits per heavy atom. The van der Waals surface area contributed by atoms with E-state index in [1.54, 1.807) is 0 Å². The van der Waals surface area contributed by atoms with Gasteiger partial charge < -0.3 is 5.32 Å². The van der Waals surface area contributed by atoms with Crippen molar-refractivity contribution in [1.82, 2.24) is 0 Å². The molecule has 0 saturated heterocycles. The molecule has 0 fully saturated rings. The average Bonchev–Trinajstić information content (AvgIpc) is 2.31. The molecule has 17 heavy (non-hydrogen) atoms. The number of nitrogens with one attached hydrogen (secondary N) is 1. The Kier molecular flexibility index (Phi) is 3.70. The lowest BCUT2D eigenvalue weighted by molar-refractivity contribution is 1.09. The molecule has 1 nitrogen and oxygen atoms in total. The first-order chi connectivity index (χ1) is 8.16. The molecule has 2 rings (SSSR count). The molecule has 0 aliphatic carbocycles. The van der Waals surface area contributed by atoms with E-state index in [4.69, 9.17) is 11.6 Å². The second-order valence-corrected chi connectivity index (χ2v) is 4.67. The van der Waals surface area contributed by atoms with Crippen LogP contribution in [0.4, 0.5) is 5.69 Å². The lowest BCUT2D eigenvalue weighted by atomic mass is 10.0. The Balaban J connectivity index is 2.10. The largest absolute Gasteiger partial charge is 0.381 e. The third kappa shape index (κ3) is 3.01. The van der Waals surface area contributed by atoms with Gasteiger partial charge in [-0.2, -0.15) is 0 Å². The summed E-state index contributed by atoms with van der Waals surface area (Å²) in [5.74, 6) is 0. The van der Waals surface area contributed by atoms with E-state index in [-0.39, 0.29) is 0 Å². The molecular formula is C15H16ClN. The maximum Gasteiger partial charge on any atom is 0.0407 e. The lowest BCUT2D eigenvalue weighted by Crippen LogP contribution is -2.03. The molecule has 0 heterocycles. The number of aryl methyl sites for hydroxylation is 2. The van der Waals surface area contributed by atoms with E-state index in [9.17, 15) is 0 Å². The lowest BCUT2D eigenvalue weighted by Gasteiger charge is -2.11. The van der Waals surface area contributed by atoms with Gasteiger partial charge in [0.2, 0.25) is 0 Å². The van der Waals surface area contributed by atoms with Gasteiger partial charge in [0.1, 0.15) is 0 Å². The average molecular weight is 246 g/mol. The molecule has 0 bridgehead atoms. The van der Waals surface area contributed by atoms with Crippen molar-refractivity contribution < 1.29 is 0 Å². The smallest absolute Gasteiger partial charge is 0.0407 e. The van der Waals surface area contributed by atoms with Crippen LogP contribution in [0.3, 0.4) is 0 Å². The number of halogens is 1. The highest BCUT2D eigenvalue weighted by Gasteiger charge is 2.01. The minimum absolute atomic E-state index is 0.766. The molecule has 0 atom stereocenters. The van der Waals surface area contributed by atoms with E-state index >= 15 is 0 Å². The van der Waals surface area contributed by atoms with Crippen molar-refractivity contribution in [3.8, 4) is 0 Å². The SMILES string of the molecule is Cc1cccc(C)c1CNc1ccc(Cl)cc1. The zero-order valence-electron chi connectivity index (χ0n) is 10.1. The molecule has 0 saturated carbocycles. The number of hydrogen-bond donors (Lipinski definition) is 1. The fourth-order valence-electron chi connectivity index (χ4n) is 1.89. The van der Waals surface area contributed by atoms with E-state index in [2.05, 4.69) is 37.4 Å². The number of benzene rings is 2. The predicted molar refractivity (Wildman–Crippen MR) is 74.7 cm³/mol. The van der Waals surface area contributed by atoms with Crippen molar-refractivity contribution in [1.29, 1.82) is 0 Å². The first kappa shape index (κ1) is 12.0. The monoisotopic (exact) mass is 245 g/mol. The Bertz CT molecular complexity index is 483. The van der Waals surface area contributed by atoms with Gasteiger partial charge in [0, 0.05) is 17.3 Å². The molecule has 0 aromatic heterocycles. The second-order valence-electron chi connectivity index (χ2n) is 4.23. The Labute approximate surface area is 107 Å². The fourth-order valence-corrected chi connectivity index (χ4v) is 2.01. The quantitative estimate of drug-likeness (QED) is 0.835. The molecule has 0 radical (unpaired) electrons. The second kappa shape index (κ2) is 5.24. The highest BCUT2D eigenvalue weighted by atomic mass is 35.5. The predicted octanol–water partition coefficient (Wildman–Crippen LogP) is 4.57. The normalized spacial score (nSPS) is 10.3. The van der Waals surface area contributed by atoms with Gasteiger partial charge in [-0.05, 0) is 54.8 Å². The van der Waals surface area contributed by atoms with Gasteiger partial charge in [0.05, 0.1) is 0 Å². The first-order valence-electron chi connectivity index (χ1n) is 5.71. The molecule has 0 spiro atoms. The van der Waals surface area contributed by atoms with Crippen LogP contribution < -0.4 is 5.32 Å². The Morgan fingerprint density at radius 1 is 0.941 bits per heavy atom. The highest BCUT2D eigenvalue weighted by Crippen LogP contribution is 2.17. The first-order valence-corrected chi connectivity index (χ1v) is 6.09. The standard InChI is InChI=1S/C15H16ClN/c1-11-4-3-5-12(2)15(11)10-17-14-8-6-13(16)7-9-14/h3-9,17H,10H2,1-2H3. The third-order valence-corrected chi connectivity index (χ3v) is 3.21. The third-order valence-electron chi connectivity index (χ3n) is 2.96. The summed E-state index contributed by atoms with van der Waals surface area (Å²) in [4.78, 5) is 0. The summed E-state index contributed by atoms with van der Waals surface area (Å²) in [6.45, 7) is 5.14. The molecule has 2 aromatic carbocycles. The summed E-state index contributed by atoms with van der Waals surface area (Å²) in [6, 6.07) is 14.2. The van der Waals surface area contributed by atoms with Crippen LogP contribution in [-0.4, -0.2) is 0 Å². The van der Waals surface area contributed by atoms with Gasteiger partial charge in [0.15, 0.2) is 0 Å². The Hall–Kier alpha value is -1.47. The van der Waals surface area contributed by atoms with Crippen LogP contribution in [-0.2, 0) is 6.54 Å². The van der Waals surface area contributed by atoms with E-state index in [0.29, 0.717) is 0 Å². The van der Waals surface area contributed by atoms with Crippen molar-refractivity contribution in [3.05, 3.63) is 64.2 Å². The van der Waals surface area contributed by atoms with Gasteiger partial charge in [-0.1, -0.05) is 29.8 Å². The van der Waals surface area contributed by atoms with Crippen LogP contribution in [0.25, 0.3) is 0 Å². The summed E-state index contributed by atoms with van der Waals surface area (Å²) in [5, 5.41) is 4.18. The summed E-state index contributed by atoms with van der Waals surface area (Å²) < 4.78 is 0. The molecule has 2 heteroatoms. The van der Waals surface area contributed by atoms with Crippen LogP contribution in [0.1, 0.15) is 16.7 Å². The number of anilines is 1. The van der Waals surface area contributed by atoms with Gasteiger partial charge in [0.25, 0.3) is 0 Å². The van der Waals surface area contributed by atoms with E-state index in [1.165, 1.54) is 16.7 Å². The van der Waals surface area contributed by atoms with Crippen molar-refractivity contribution in [3.63, 3.8) is 0 Å². The molecule has 0 amide bonds. The van der Waals surface area contributed by atoms with Gasteiger partial charge in [-0.3, -0.25) is 0 Å². The molecule has 0 aliphatic rings. The van der Waals surface area contributed by atoms with Crippen LogP contribution >= 0.6 is 11.6 Å². The Morgan fingerprint density at radius 2 is 1.53 bits per heavy atom. The molecule has 88 valence electrons. The van der Waals surface area contributed by atoms with Crippen molar-refractivity contribution >= 4 is 17.3 Å². The topological polar surface area (TPSA) is 12.0 Å². The summed E-state index contributed by atoms with van der Waals surface area (Å²) in [6.07, 6.45) is 0. The minimum atomic E-state index is 0.766. The fraction of sp³-hybridized carbons (Fsp3) is 0.200. The zero-order chi connectivity index (χ0) is 12.3. The van der Waals surface area contributed by atoms with Crippen LogP contribution in [0.5, 0.6) is 0 Å². The van der Waals surface area contributed by atoms with E-state index < -0.39 is 0 Å². The van der Waals surface area contributed by atoms with Gasteiger partial charge >= 0.3 is 0 Å². The molecular weight excluding hydrogens is 230 g/mol. The summed E-state index contributed by atoms with van der Waals surface area (Å²) in [5.41, 5.74) is 5.11. The van der Waals surface area contributed by atoms with E-state index in [1.807, 2.05) is 24.3 Å². The highest BCUT2D eigenvalue weighted by molar-refractivity contribution is 6.30. The molecule has 1 N–H and O–H groups in total. The minimum Gasteiger partial charge on any atom is -0.381 e. The number of rotatable bonds is 3. The molecule has 0 aliphatic heterocycles. The number of hydrogen-bond acceptors (Lipinski definition) is 1. The maximum absolute atomic E-state index is 5.85. The van der Waals surface area contributed by atoms with Crippen LogP contribution in [0, 0.1) is 13.8 Å². The molecule has 0 unspecified atom stereocenters. The van der Waals surface area contributed by atoms with Crippen LogP contribution in [0.2, 0.25) is 5.02 Å². The van der Waals surface area contributed by atoms with Crippen molar-refractivity contribution in [2.24, 2.45) is 0 Å². The van der Waals surface area contributed by atoms with Gasteiger partial charge in [-0.25, -0.2) is 0 Å². The van der Waals surface area contributed by atoms with Crippen molar-refractivity contribution in [2.45, 2.75) is 20.4 Å². The molecule has 2 aromatic rings. The van der Waals surface area contributed by atoms with E-state index in [0.717, 1.165) is 17.3 Å². The van der Waals surface area contributed by atoms with Crippen molar-refractivity contribution in [2.75, 3.05) is 5.32 Å².